The van der Waals surface area contributed by atoms with Crippen LogP contribution in [-0.4, -0.2) is 52.9 Å². The molecule has 7 nitrogen and oxygen atoms in total. The second-order valence-electron chi connectivity index (χ2n) is 6.61. The summed E-state index contributed by atoms with van der Waals surface area (Å²) in [5.74, 6) is 0.108. The average molecular weight is 442 g/mol. The lowest BCUT2D eigenvalue weighted by Crippen LogP contribution is -2.35. The molecule has 4 rings (SSSR count). The molecule has 9 heteroatoms. The summed E-state index contributed by atoms with van der Waals surface area (Å²) in [6.07, 6.45) is 2.01. The van der Waals surface area contributed by atoms with Gasteiger partial charge >= 0.3 is 0 Å². The lowest BCUT2D eigenvalue weighted by atomic mass is 10.1. The molecule has 1 aromatic heterocycles. The summed E-state index contributed by atoms with van der Waals surface area (Å²) in [5, 5.41) is 0. The molecule has 154 valence electrons. The minimum Gasteiger partial charge on any atom is -0.497 e. The Morgan fingerprint density at radius 2 is 1.83 bits per heavy atom. The molecule has 1 aliphatic rings. The standard InChI is InChI=1S/C21H19N3O4S2/c1-28-13-7-8-17-16(11-13)23(9-10-29-2)21(30-17)22-18(25)12-24-19(26)14-5-3-4-6-15(14)20(24)27/h3-8,11H,9-10,12H2,1-2H3. The molecule has 3 aromatic rings. The van der Waals surface area contributed by atoms with Crippen LogP contribution in [0.4, 0.5) is 0 Å². The third-order valence-electron chi connectivity index (χ3n) is 4.80. The van der Waals surface area contributed by atoms with E-state index in [2.05, 4.69) is 4.99 Å². The van der Waals surface area contributed by atoms with Crippen LogP contribution in [0, 0.1) is 0 Å². The molecule has 30 heavy (non-hydrogen) atoms. The summed E-state index contributed by atoms with van der Waals surface area (Å²) in [4.78, 5) is 43.4. The number of thiazole rings is 1. The zero-order valence-electron chi connectivity index (χ0n) is 16.5. The van der Waals surface area contributed by atoms with Gasteiger partial charge in [0, 0.05) is 18.4 Å². The van der Waals surface area contributed by atoms with E-state index >= 15 is 0 Å². The maximum Gasteiger partial charge on any atom is 0.268 e. The Kier molecular flexibility index (Phi) is 5.74. The Morgan fingerprint density at radius 1 is 1.13 bits per heavy atom. The van der Waals surface area contributed by atoms with Gasteiger partial charge < -0.3 is 9.30 Å². The number of carbonyl (C=O) groups excluding carboxylic acids is 3. The van der Waals surface area contributed by atoms with Crippen LogP contribution in [-0.2, 0) is 11.3 Å². The van der Waals surface area contributed by atoms with Gasteiger partial charge in [-0.05, 0) is 30.5 Å². The molecular formula is C21H19N3O4S2. The molecular weight excluding hydrogens is 422 g/mol. The molecule has 1 aliphatic heterocycles. The van der Waals surface area contributed by atoms with Gasteiger partial charge in [-0.3, -0.25) is 19.3 Å². The highest BCUT2D eigenvalue weighted by Crippen LogP contribution is 2.24. The fourth-order valence-corrected chi connectivity index (χ4v) is 4.74. The third kappa shape index (κ3) is 3.66. The van der Waals surface area contributed by atoms with Crippen molar-refractivity contribution in [2.24, 2.45) is 4.99 Å². The van der Waals surface area contributed by atoms with Crippen LogP contribution in [0.1, 0.15) is 20.7 Å². The Bertz CT molecular complexity index is 1190. The normalized spacial score (nSPS) is 13.9. The molecule has 3 amide bonds. The maximum atomic E-state index is 12.7. The van der Waals surface area contributed by atoms with Crippen LogP contribution in [0.3, 0.4) is 0 Å². The highest BCUT2D eigenvalue weighted by Gasteiger charge is 2.36. The van der Waals surface area contributed by atoms with Crippen molar-refractivity contribution in [3.8, 4) is 5.75 Å². The van der Waals surface area contributed by atoms with E-state index in [-0.39, 0.29) is 6.54 Å². The van der Waals surface area contributed by atoms with Crippen molar-refractivity contribution in [3.05, 3.63) is 58.4 Å². The number of fused-ring (bicyclic) bond motifs is 2. The summed E-state index contributed by atoms with van der Waals surface area (Å²) in [6, 6.07) is 12.3. The van der Waals surface area contributed by atoms with Crippen molar-refractivity contribution in [1.29, 1.82) is 0 Å². The lowest BCUT2D eigenvalue weighted by molar-refractivity contribution is -0.118. The number of nitrogens with zero attached hydrogens (tertiary/aromatic N) is 3. The number of amides is 3. The number of ether oxygens (including phenoxy) is 1. The van der Waals surface area contributed by atoms with Crippen LogP contribution in [0.15, 0.2) is 47.5 Å². The van der Waals surface area contributed by atoms with E-state index in [0.29, 0.717) is 22.5 Å². The quantitative estimate of drug-likeness (QED) is 0.550. The van der Waals surface area contributed by atoms with Crippen molar-refractivity contribution >= 4 is 51.0 Å². The van der Waals surface area contributed by atoms with Crippen LogP contribution < -0.4 is 9.54 Å². The molecule has 2 aromatic carbocycles. The zero-order chi connectivity index (χ0) is 21.3. The predicted octanol–water partition coefficient (Wildman–Crippen LogP) is 2.80. The van der Waals surface area contributed by atoms with Crippen LogP contribution in [0.5, 0.6) is 5.75 Å². The average Bonchev–Trinajstić information content (AvgIpc) is 3.21. The third-order valence-corrected chi connectivity index (χ3v) is 6.45. The highest BCUT2D eigenvalue weighted by atomic mass is 32.2. The number of hydrogen-bond acceptors (Lipinski definition) is 6. The molecule has 0 radical (unpaired) electrons. The number of carbonyl (C=O) groups is 3. The van der Waals surface area contributed by atoms with Crippen molar-refractivity contribution < 1.29 is 19.1 Å². The van der Waals surface area contributed by atoms with E-state index in [1.807, 2.05) is 29.0 Å². The number of aromatic nitrogens is 1. The topological polar surface area (TPSA) is 81.0 Å². The molecule has 0 saturated heterocycles. The minimum absolute atomic E-state index is 0.319. The van der Waals surface area contributed by atoms with Gasteiger partial charge in [-0.25, -0.2) is 0 Å². The number of benzene rings is 2. The largest absolute Gasteiger partial charge is 0.497 e. The highest BCUT2D eigenvalue weighted by molar-refractivity contribution is 7.98. The van der Waals surface area contributed by atoms with Gasteiger partial charge in [-0.1, -0.05) is 23.5 Å². The Morgan fingerprint density at radius 3 is 2.47 bits per heavy atom. The zero-order valence-corrected chi connectivity index (χ0v) is 18.1. The van der Waals surface area contributed by atoms with Crippen molar-refractivity contribution in [2.45, 2.75) is 6.54 Å². The van der Waals surface area contributed by atoms with Crippen molar-refractivity contribution in [2.75, 3.05) is 25.7 Å². The molecule has 0 unspecified atom stereocenters. The number of methoxy groups -OCH3 is 1. The van der Waals surface area contributed by atoms with E-state index in [1.54, 1.807) is 43.1 Å². The number of thioether (sulfide) groups is 1. The Hall–Kier alpha value is -2.91. The molecule has 0 fully saturated rings. The Balaban J connectivity index is 1.67. The van der Waals surface area contributed by atoms with Gasteiger partial charge in [-0.15, -0.1) is 0 Å². The number of aryl methyl sites for hydroxylation is 1. The molecule has 0 saturated carbocycles. The number of imide groups is 1. The van der Waals surface area contributed by atoms with E-state index in [0.717, 1.165) is 26.6 Å². The fourth-order valence-electron chi connectivity index (χ4n) is 3.32. The summed E-state index contributed by atoms with van der Waals surface area (Å²) < 4.78 is 8.27. The van der Waals surface area contributed by atoms with E-state index in [9.17, 15) is 14.4 Å². The monoisotopic (exact) mass is 441 g/mol. The number of rotatable bonds is 6. The van der Waals surface area contributed by atoms with E-state index < -0.39 is 17.7 Å². The first-order chi connectivity index (χ1) is 14.5. The van der Waals surface area contributed by atoms with Gasteiger partial charge in [0.1, 0.15) is 12.3 Å². The maximum absolute atomic E-state index is 12.7. The molecule has 0 bridgehead atoms. The van der Waals surface area contributed by atoms with Gasteiger partial charge in [0.2, 0.25) is 0 Å². The first kappa shape index (κ1) is 20.4. The molecule has 0 aliphatic carbocycles. The van der Waals surface area contributed by atoms with Crippen LogP contribution in [0.2, 0.25) is 0 Å². The van der Waals surface area contributed by atoms with E-state index in [1.165, 1.54) is 11.3 Å². The number of hydrogen-bond donors (Lipinski definition) is 0. The van der Waals surface area contributed by atoms with Gasteiger partial charge in [-0.2, -0.15) is 16.8 Å². The Labute approximate surface area is 181 Å². The van der Waals surface area contributed by atoms with E-state index in [4.69, 9.17) is 4.74 Å². The smallest absolute Gasteiger partial charge is 0.268 e. The fraction of sp³-hybridized carbons (Fsp3) is 0.238. The summed E-state index contributed by atoms with van der Waals surface area (Å²) in [5.41, 5.74) is 1.57. The molecule has 0 atom stereocenters. The van der Waals surface area contributed by atoms with Gasteiger partial charge in [0.15, 0.2) is 4.80 Å². The molecule has 2 heterocycles. The molecule has 0 spiro atoms. The molecule has 0 N–H and O–H groups in total. The first-order valence-electron chi connectivity index (χ1n) is 9.22. The second kappa shape index (κ2) is 8.45. The summed E-state index contributed by atoms with van der Waals surface area (Å²) >= 11 is 3.09. The minimum atomic E-state index is -0.541. The van der Waals surface area contributed by atoms with Crippen molar-refractivity contribution in [1.82, 2.24) is 9.47 Å². The summed E-state index contributed by atoms with van der Waals surface area (Å²) in [6.45, 7) is 0.292. The first-order valence-corrected chi connectivity index (χ1v) is 11.4. The SMILES string of the molecule is COc1ccc2sc(=NC(=O)CN3C(=O)c4ccccc4C3=O)n(CCSC)c2c1. The van der Waals surface area contributed by atoms with Gasteiger partial charge in [0.25, 0.3) is 17.7 Å². The second-order valence-corrected chi connectivity index (χ2v) is 8.61. The predicted molar refractivity (Wildman–Crippen MR) is 117 cm³/mol. The summed E-state index contributed by atoms with van der Waals surface area (Å²) in [7, 11) is 1.61. The van der Waals surface area contributed by atoms with Crippen LogP contribution in [0.25, 0.3) is 10.2 Å². The lowest BCUT2D eigenvalue weighted by Gasteiger charge is -2.10. The van der Waals surface area contributed by atoms with Gasteiger partial charge in [0.05, 0.1) is 28.5 Å². The van der Waals surface area contributed by atoms with Crippen molar-refractivity contribution in [3.63, 3.8) is 0 Å². The van der Waals surface area contributed by atoms with Crippen LogP contribution >= 0.6 is 23.1 Å².